The molecule has 1 aromatic carbocycles. The summed E-state index contributed by atoms with van der Waals surface area (Å²) in [6.07, 6.45) is 1.64. The lowest BCUT2D eigenvalue weighted by Gasteiger charge is -2.10. The van der Waals surface area contributed by atoms with Gasteiger partial charge in [0.2, 0.25) is 0 Å². The second kappa shape index (κ2) is 7.02. The molecule has 0 fully saturated rings. The van der Waals surface area contributed by atoms with Crippen molar-refractivity contribution in [2.24, 2.45) is 0 Å². The van der Waals surface area contributed by atoms with Gasteiger partial charge in [0, 0.05) is 15.8 Å². The third kappa shape index (κ3) is 3.73. The molecular weight excluding hydrogens is 312 g/mol. The molecule has 23 heavy (non-hydrogen) atoms. The van der Waals surface area contributed by atoms with E-state index >= 15 is 0 Å². The zero-order chi connectivity index (χ0) is 16.1. The Morgan fingerprint density at radius 2 is 2.13 bits per heavy atom. The fourth-order valence-electron chi connectivity index (χ4n) is 2.13. The van der Waals surface area contributed by atoms with E-state index in [-0.39, 0.29) is 6.03 Å². The maximum absolute atomic E-state index is 12.0. The number of carbonyl (C=O) groups excluding carboxylic acids is 1. The molecule has 3 rings (SSSR count). The van der Waals surface area contributed by atoms with Crippen LogP contribution in [0.1, 0.15) is 4.88 Å². The standard InChI is InChI=1S/C17H16N2O3S/c1-21-16-6-3-2-5-14(16)19-17(20)18-10-13-9-12(11-23-13)15-7-4-8-22-15/h2-9,11H,10H2,1H3,(H2,18,19,20). The first-order valence-electron chi connectivity index (χ1n) is 7.05. The van der Waals surface area contributed by atoms with E-state index in [1.807, 2.05) is 35.7 Å². The summed E-state index contributed by atoms with van der Waals surface area (Å²) in [5.74, 6) is 1.45. The predicted octanol–water partition coefficient (Wildman–Crippen LogP) is 4.34. The van der Waals surface area contributed by atoms with E-state index in [1.54, 1.807) is 36.8 Å². The average molecular weight is 328 g/mol. The largest absolute Gasteiger partial charge is 0.495 e. The Morgan fingerprint density at radius 3 is 2.91 bits per heavy atom. The highest BCUT2D eigenvalue weighted by atomic mass is 32.1. The summed E-state index contributed by atoms with van der Waals surface area (Å²) in [5, 5.41) is 7.62. The number of para-hydroxylation sites is 2. The number of nitrogens with one attached hydrogen (secondary N) is 2. The molecule has 0 aliphatic carbocycles. The number of furan rings is 1. The monoisotopic (exact) mass is 328 g/mol. The Hall–Kier alpha value is -2.73. The summed E-state index contributed by atoms with van der Waals surface area (Å²) in [6.45, 7) is 0.451. The number of urea groups is 1. The summed E-state index contributed by atoms with van der Waals surface area (Å²) >= 11 is 1.58. The number of amides is 2. The van der Waals surface area contributed by atoms with Crippen molar-refractivity contribution in [1.29, 1.82) is 0 Å². The fraction of sp³-hybridized carbons (Fsp3) is 0.118. The topological polar surface area (TPSA) is 63.5 Å². The quantitative estimate of drug-likeness (QED) is 0.732. The van der Waals surface area contributed by atoms with E-state index < -0.39 is 0 Å². The van der Waals surface area contributed by atoms with Crippen molar-refractivity contribution in [3.63, 3.8) is 0 Å². The first-order valence-corrected chi connectivity index (χ1v) is 7.93. The Labute approximate surface area is 137 Å². The first kappa shape index (κ1) is 15.2. The number of hydrogen-bond acceptors (Lipinski definition) is 4. The van der Waals surface area contributed by atoms with Gasteiger partial charge in [0.15, 0.2) is 0 Å². The van der Waals surface area contributed by atoms with Crippen LogP contribution < -0.4 is 15.4 Å². The molecule has 0 atom stereocenters. The average Bonchev–Trinajstić information content (AvgIpc) is 3.24. The van der Waals surface area contributed by atoms with Gasteiger partial charge in [0.25, 0.3) is 0 Å². The number of anilines is 1. The molecule has 0 unspecified atom stereocenters. The smallest absolute Gasteiger partial charge is 0.319 e. The van der Waals surface area contributed by atoms with Gasteiger partial charge < -0.3 is 19.8 Å². The Morgan fingerprint density at radius 1 is 1.26 bits per heavy atom. The predicted molar refractivity (Wildman–Crippen MR) is 90.9 cm³/mol. The summed E-state index contributed by atoms with van der Waals surface area (Å²) in [7, 11) is 1.57. The summed E-state index contributed by atoms with van der Waals surface area (Å²) < 4.78 is 10.6. The van der Waals surface area contributed by atoms with Crippen molar-refractivity contribution in [3.8, 4) is 17.1 Å². The van der Waals surface area contributed by atoms with E-state index in [4.69, 9.17) is 9.15 Å². The molecule has 2 amide bonds. The lowest BCUT2D eigenvalue weighted by molar-refractivity contribution is 0.251. The van der Waals surface area contributed by atoms with Crippen molar-refractivity contribution in [2.75, 3.05) is 12.4 Å². The molecule has 0 radical (unpaired) electrons. The number of rotatable bonds is 5. The van der Waals surface area contributed by atoms with Crippen LogP contribution in [0.15, 0.2) is 58.5 Å². The number of thiophene rings is 1. The second-order valence-electron chi connectivity index (χ2n) is 4.79. The Kier molecular flexibility index (Phi) is 4.63. The van der Waals surface area contributed by atoms with Crippen molar-refractivity contribution < 1.29 is 13.9 Å². The van der Waals surface area contributed by atoms with Crippen LogP contribution in [0.3, 0.4) is 0 Å². The van der Waals surface area contributed by atoms with Crippen LogP contribution >= 0.6 is 11.3 Å². The molecule has 118 valence electrons. The van der Waals surface area contributed by atoms with E-state index in [1.165, 1.54) is 0 Å². The molecule has 0 saturated heterocycles. The first-order chi connectivity index (χ1) is 11.3. The highest BCUT2D eigenvalue weighted by Gasteiger charge is 2.08. The lowest BCUT2D eigenvalue weighted by Crippen LogP contribution is -2.28. The van der Waals surface area contributed by atoms with Gasteiger partial charge in [-0.15, -0.1) is 11.3 Å². The maximum Gasteiger partial charge on any atom is 0.319 e. The molecule has 0 bridgehead atoms. The molecule has 2 aromatic heterocycles. The van der Waals surface area contributed by atoms with Gasteiger partial charge in [0.05, 0.1) is 25.6 Å². The SMILES string of the molecule is COc1ccccc1NC(=O)NCc1cc(-c2ccco2)cs1. The van der Waals surface area contributed by atoms with Gasteiger partial charge in [-0.3, -0.25) is 0 Å². The number of ether oxygens (including phenoxy) is 1. The molecule has 3 aromatic rings. The minimum absolute atomic E-state index is 0.276. The molecule has 5 nitrogen and oxygen atoms in total. The molecule has 6 heteroatoms. The molecule has 0 saturated carbocycles. The summed E-state index contributed by atoms with van der Waals surface area (Å²) in [4.78, 5) is 13.0. The normalized spacial score (nSPS) is 10.3. The van der Waals surface area contributed by atoms with Gasteiger partial charge in [-0.05, 0) is 30.3 Å². The zero-order valence-corrected chi connectivity index (χ0v) is 13.4. The van der Waals surface area contributed by atoms with Crippen LogP contribution in [0.4, 0.5) is 10.5 Å². The van der Waals surface area contributed by atoms with Crippen LogP contribution in [-0.2, 0) is 6.54 Å². The van der Waals surface area contributed by atoms with E-state index in [0.29, 0.717) is 18.0 Å². The third-order valence-corrected chi connectivity index (χ3v) is 4.17. The number of methoxy groups -OCH3 is 1. The van der Waals surface area contributed by atoms with Gasteiger partial charge >= 0.3 is 6.03 Å². The van der Waals surface area contributed by atoms with Crippen LogP contribution in [-0.4, -0.2) is 13.1 Å². The van der Waals surface area contributed by atoms with Crippen LogP contribution in [0.5, 0.6) is 5.75 Å². The van der Waals surface area contributed by atoms with Crippen molar-refractivity contribution >= 4 is 23.1 Å². The highest BCUT2D eigenvalue weighted by molar-refractivity contribution is 7.10. The minimum Gasteiger partial charge on any atom is -0.495 e. The third-order valence-electron chi connectivity index (χ3n) is 3.24. The molecule has 0 spiro atoms. The van der Waals surface area contributed by atoms with Gasteiger partial charge in [-0.25, -0.2) is 4.79 Å². The second-order valence-corrected chi connectivity index (χ2v) is 5.78. The van der Waals surface area contributed by atoms with Crippen LogP contribution in [0, 0.1) is 0 Å². The van der Waals surface area contributed by atoms with Crippen molar-refractivity contribution in [2.45, 2.75) is 6.54 Å². The summed E-state index contributed by atoms with van der Waals surface area (Å²) in [5.41, 5.74) is 1.65. The van der Waals surface area contributed by atoms with Gasteiger partial charge in [0.1, 0.15) is 11.5 Å². The van der Waals surface area contributed by atoms with E-state index in [0.717, 1.165) is 16.2 Å². The molecule has 2 N–H and O–H groups in total. The van der Waals surface area contributed by atoms with Crippen LogP contribution in [0.25, 0.3) is 11.3 Å². The number of hydrogen-bond donors (Lipinski definition) is 2. The minimum atomic E-state index is -0.276. The number of carbonyl (C=O) groups is 1. The van der Waals surface area contributed by atoms with Gasteiger partial charge in [-0.1, -0.05) is 12.1 Å². The van der Waals surface area contributed by atoms with E-state index in [2.05, 4.69) is 10.6 Å². The van der Waals surface area contributed by atoms with Gasteiger partial charge in [-0.2, -0.15) is 0 Å². The molecule has 2 heterocycles. The van der Waals surface area contributed by atoms with Crippen LogP contribution in [0.2, 0.25) is 0 Å². The van der Waals surface area contributed by atoms with E-state index in [9.17, 15) is 4.79 Å². The van der Waals surface area contributed by atoms with Crippen molar-refractivity contribution in [3.05, 3.63) is 59.0 Å². The zero-order valence-electron chi connectivity index (χ0n) is 12.5. The highest BCUT2D eigenvalue weighted by Crippen LogP contribution is 2.26. The maximum atomic E-state index is 12.0. The number of benzene rings is 1. The molecule has 0 aliphatic heterocycles. The Bertz CT molecular complexity index is 781. The molecular formula is C17H16N2O3S. The summed E-state index contributed by atoms with van der Waals surface area (Å²) in [6, 6.07) is 12.8. The van der Waals surface area contributed by atoms with Crippen molar-refractivity contribution in [1.82, 2.24) is 5.32 Å². The fourth-order valence-corrected chi connectivity index (χ4v) is 2.94. The Balaban J connectivity index is 1.57. The molecule has 0 aliphatic rings. The lowest BCUT2D eigenvalue weighted by atomic mass is 10.2.